The molecule has 2 amide bonds. The van der Waals surface area contributed by atoms with Crippen LogP contribution in [-0.2, 0) is 4.74 Å². The van der Waals surface area contributed by atoms with Gasteiger partial charge in [0.15, 0.2) is 17.5 Å². The lowest BCUT2D eigenvalue weighted by Crippen LogP contribution is -2.45. The minimum Gasteiger partial charge on any atom is -0.473 e. The number of carbonyl (C=O) groups is 2. The Hall–Kier alpha value is -3.74. The van der Waals surface area contributed by atoms with E-state index < -0.39 is 35.7 Å². The molecule has 2 atom stereocenters. The van der Waals surface area contributed by atoms with E-state index in [-0.39, 0.29) is 47.9 Å². The number of nitrogens with two attached hydrogens (primary N) is 1. The molecule has 1 aliphatic rings. The van der Waals surface area contributed by atoms with E-state index in [4.69, 9.17) is 20.3 Å². The van der Waals surface area contributed by atoms with Crippen LogP contribution in [0.25, 0.3) is 0 Å². The van der Waals surface area contributed by atoms with E-state index >= 15 is 0 Å². The number of halogens is 2. The van der Waals surface area contributed by atoms with Gasteiger partial charge in [0.25, 0.3) is 11.8 Å². The molecule has 0 unspecified atom stereocenters. The van der Waals surface area contributed by atoms with Crippen LogP contribution in [0.2, 0.25) is 0 Å². The zero-order valence-electron chi connectivity index (χ0n) is 18.6. The fourth-order valence-electron chi connectivity index (χ4n) is 3.38. The molecule has 0 aromatic carbocycles. The Bertz CT molecular complexity index is 1050. The monoisotopic (exact) mass is 480 g/mol. The Kier molecular flexibility index (Phi) is 7.99. The Balaban J connectivity index is 1.85. The van der Waals surface area contributed by atoms with Crippen molar-refractivity contribution in [3.8, 4) is 5.88 Å². The molecule has 2 aromatic heterocycles. The van der Waals surface area contributed by atoms with E-state index in [2.05, 4.69) is 25.9 Å². The number of hydrogen-bond donors (Lipinski definition) is 5. The lowest BCUT2D eigenvalue weighted by atomic mass is 10.0. The predicted molar refractivity (Wildman–Crippen MR) is 118 cm³/mol. The number of carbonyl (C=O) groups excluding carboxylic acids is 1. The third-order valence-corrected chi connectivity index (χ3v) is 5.16. The Morgan fingerprint density at radius 3 is 2.56 bits per heavy atom. The summed E-state index contributed by atoms with van der Waals surface area (Å²) in [7, 11) is 1.48. The first-order chi connectivity index (χ1) is 16.2. The number of methoxy groups -OCH3 is 1. The van der Waals surface area contributed by atoms with Crippen LogP contribution in [0.1, 0.15) is 30.1 Å². The third kappa shape index (κ3) is 6.41. The van der Waals surface area contributed by atoms with Gasteiger partial charge in [0, 0.05) is 19.2 Å². The Morgan fingerprint density at radius 2 is 1.97 bits per heavy atom. The normalized spacial score (nSPS) is 14.7. The van der Waals surface area contributed by atoms with Crippen molar-refractivity contribution in [3.05, 3.63) is 35.5 Å². The van der Waals surface area contributed by atoms with Crippen molar-refractivity contribution in [1.82, 2.24) is 15.3 Å². The molecule has 0 radical (unpaired) electrons. The van der Waals surface area contributed by atoms with Gasteiger partial charge in [-0.15, -0.1) is 0 Å². The number of nitrogens with zero attached hydrogens (tertiary/aromatic N) is 2. The molecule has 2 aromatic rings. The summed E-state index contributed by atoms with van der Waals surface area (Å²) in [5.41, 5.74) is 5.22. The van der Waals surface area contributed by atoms with E-state index in [9.17, 15) is 18.4 Å². The molecule has 6 N–H and O–H groups in total. The van der Waals surface area contributed by atoms with Crippen molar-refractivity contribution in [1.29, 1.82) is 0 Å². The van der Waals surface area contributed by atoms with Crippen molar-refractivity contribution in [2.24, 2.45) is 11.7 Å². The van der Waals surface area contributed by atoms with Crippen LogP contribution in [0.3, 0.4) is 0 Å². The highest BCUT2D eigenvalue weighted by Crippen LogP contribution is 2.36. The average Bonchev–Trinajstić information content (AvgIpc) is 3.59. The number of rotatable bonds is 12. The second-order valence-corrected chi connectivity index (χ2v) is 7.80. The Morgan fingerprint density at radius 1 is 1.24 bits per heavy atom. The molecule has 0 aliphatic heterocycles. The highest BCUT2D eigenvalue weighted by atomic mass is 19.1. The molecule has 13 heteroatoms. The molecule has 2 heterocycles. The summed E-state index contributed by atoms with van der Waals surface area (Å²) in [6.07, 6.45) is 1.74. The molecule has 184 valence electrons. The summed E-state index contributed by atoms with van der Waals surface area (Å²) in [5.74, 6) is -3.02. The minimum absolute atomic E-state index is 0.102. The standard InChI is InChI=1S/C21H26F2N6O5/c1-10(26-21(31)32)16(11-3-4-11)28-19-14(22)8-13(17(24)30)18(29-19)27-12-7-15(23)20(25-9-12)34-6-5-33-2/h7-11,16,26H,3-6H2,1-2H3,(H2,24,30)(H,31,32)(H2,27,28,29)/t10-,16+/m0/s1. The number of carboxylic acid groups (broad SMARTS) is 1. The molecule has 0 saturated heterocycles. The Labute approximate surface area is 194 Å². The van der Waals surface area contributed by atoms with Gasteiger partial charge >= 0.3 is 6.09 Å². The van der Waals surface area contributed by atoms with Crippen molar-refractivity contribution >= 4 is 29.3 Å². The van der Waals surface area contributed by atoms with Gasteiger partial charge in [-0.05, 0) is 31.7 Å². The van der Waals surface area contributed by atoms with Gasteiger partial charge in [-0.2, -0.15) is 0 Å². The second kappa shape index (κ2) is 10.9. The summed E-state index contributed by atoms with van der Waals surface area (Å²) in [6, 6.07) is 1.00. The topological polar surface area (TPSA) is 161 Å². The highest BCUT2D eigenvalue weighted by molar-refractivity contribution is 5.98. The fourth-order valence-corrected chi connectivity index (χ4v) is 3.38. The highest BCUT2D eigenvalue weighted by Gasteiger charge is 2.36. The summed E-state index contributed by atoms with van der Waals surface area (Å²) in [6.45, 7) is 2.01. The summed E-state index contributed by atoms with van der Waals surface area (Å²) in [5, 5.41) is 17.0. The number of aromatic nitrogens is 2. The van der Waals surface area contributed by atoms with Gasteiger partial charge in [-0.1, -0.05) is 0 Å². The lowest BCUT2D eigenvalue weighted by molar-refractivity contribution is 0.1000. The quantitative estimate of drug-likeness (QED) is 0.287. The van der Waals surface area contributed by atoms with Crippen molar-refractivity contribution in [2.45, 2.75) is 31.8 Å². The first-order valence-corrected chi connectivity index (χ1v) is 10.5. The van der Waals surface area contributed by atoms with Crippen molar-refractivity contribution in [3.63, 3.8) is 0 Å². The molecule has 34 heavy (non-hydrogen) atoms. The average molecular weight is 480 g/mol. The number of nitrogens with one attached hydrogen (secondary N) is 3. The van der Waals surface area contributed by atoms with Crippen LogP contribution >= 0.6 is 0 Å². The molecule has 0 spiro atoms. The van der Waals surface area contributed by atoms with Gasteiger partial charge in [0.1, 0.15) is 12.4 Å². The zero-order chi connectivity index (χ0) is 24.8. The van der Waals surface area contributed by atoms with E-state index in [1.54, 1.807) is 6.92 Å². The van der Waals surface area contributed by atoms with Crippen LogP contribution in [0.15, 0.2) is 18.3 Å². The molecule has 3 rings (SSSR count). The van der Waals surface area contributed by atoms with Crippen molar-refractivity contribution < 1.29 is 33.0 Å². The van der Waals surface area contributed by atoms with E-state index in [0.29, 0.717) is 0 Å². The van der Waals surface area contributed by atoms with Crippen molar-refractivity contribution in [2.75, 3.05) is 31.0 Å². The maximum atomic E-state index is 14.8. The molecule has 0 bridgehead atoms. The summed E-state index contributed by atoms with van der Waals surface area (Å²) >= 11 is 0. The molecular formula is C21H26F2N6O5. The van der Waals surface area contributed by atoms with Crippen LogP contribution < -0.4 is 26.4 Å². The van der Waals surface area contributed by atoms with Gasteiger partial charge < -0.3 is 36.3 Å². The SMILES string of the molecule is COCCOc1ncc(Nc2nc(N[C@@H](C3CC3)[C@H](C)NC(=O)O)c(F)cc2C(N)=O)cc1F. The number of hydrogen-bond acceptors (Lipinski definition) is 8. The van der Waals surface area contributed by atoms with E-state index in [1.165, 1.54) is 13.3 Å². The summed E-state index contributed by atoms with van der Waals surface area (Å²) < 4.78 is 39.1. The predicted octanol–water partition coefficient (Wildman–Crippen LogP) is 2.47. The zero-order valence-corrected chi connectivity index (χ0v) is 18.6. The van der Waals surface area contributed by atoms with Gasteiger partial charge in [0.05, 0.1) is 30.1 Å². The number of pyridine rings is 2. The minimum atomic E-state index is -1.20. The number of primary amides is 1. The van der Waals surface area contributed by atoms with Crippen LogP contribution in [0, 0.1) is 17.6 Å². The van der Waals surface area contributed by atoms with Gasteiger partial charge in [0.2, 0.25) is 0 Å². The lowest BCUT2D eigenvalue weighted by Gasteiger charge is -2.26. The molecule has 1 aliphatic carbocycles. The third-order valence-electron chi connectivity index (χ3n) is 5.16. The van der Waals surface area contributed by atoms with Crippen LogP contribution in [-0.4, -0.2) is 59.5 Å². The van der Waals surface area contributed by atoms with Crippen LogP contribution in [0.4, 0.5) is 30.9 Å². The molecule has 1 saturated carbocycles. The second-order valence-electron chi connectivity index (χ2n) is 7.80. The van der Waals surface area contributed by atoms with Gasteiger partial charge in [-0.3, -0.25) is 4.79 Å². The summed E-state index contributed by atoms with van der Waals surface area (Å²) in [4.78, 5) is 30.9. The number of amides is 2. The first kappa shape index (κ1) is 24.9. The van der Waals surface area contributed by atoms with E-state index in [0.717, 1.165) is 25.0 Å². The largest absolute Gasteiger partial charge is 0.473 e. The molecular weight excluding hydrogens is 454 g/mol. The fraction of sp³-hybridized carbons (Fsp3) is 0.429. The first-order valence-electron chi connectivity index (χ1n) is 10.5. The number of ether oxygens (including phenoxy) is 2. The van der Waals surface area contributed by atoms with Crippen LogP contribution in [0.5, 0.6) is 5.88 Å². The number of anilines is 3. The molecule has 1 fully saturated rings. The van der Waals surface area contributed by atoms with E-state index in [1.807, 2.05) is 0 Å². The van der Waals surface area contributed by atoms with Gasteiger partial charge in [-0.25, -0.2) is 23.5 Å². The maximum absolute atomic E-state index is 14.8. The smallest absolute Gasteiger partial charge is 0.404 e. The maximum Gasteiger partial charge on any atom is 0.404 e. The molecule has 11 nitrogen and oxygen atoms in total.